The van der Waals surface area contributed by atoms with E-state index in [2.05, 4.69) is 27.2 Å². The Labute approximate surface area is 102 Å². The van der Waals surface area contributed by atoms with Crippen molar-refractivity contribution in [1.29, 1.82) is 0 Å². The van der Waals surface area contributed by atoms with E-state index in [9.17, 15) is 0 Å². The molecule has 0 atom stereocenters. The molecular weight excluding hydrogens is 216 g/mol. The van der Waals surface area contributed by atoms with Crippen molar-refractivity contribution in [1.82, 2.24) is 15.3 Å². The smallest absolute Gasteiger partial charge is 0.179 e. The van der Waals surface area contributed by atoms with Gasteiger partial charge in [0.2, 0.25) is 0 Å². The van der Waals surface area contributed by atoms with Crippen LogP contribution in [0.1, 0.15) is 12.8 Å². The molecule has 0 radical (unpaired) electrons. The maximum atomic E-state index is 5.28. The van der Waals surface area contributed by atoms with Crippen LogP contribution in [-0.4, -0.2) is 43.8 Å². The van der Waals surface area contributed by atoms with Gasteiger partial charge in [-0.05, 0) is 31.8 Å². The average Bonchev–Trinajstić information content (AvgIpc) is 2.40. The highest BCUT2D eigenvalue weighted by Gasteiger charge is 2.17. The minimum atomic E-state index is 0.737. The van der Waals surface area contributed by atoms with E-state index < -0.39 is 0 Å². The van der Waals surface area contributed by atoms with E-state index >= 15 is 0 Å². The zero-order valence-electron chi connectivity index (χ0n) is 10.5. The van der Waals surface area contributed by atoms with Gasteiger partial charge in [-0.15, -0.1) is 0 Å². The summed E-state index contributed by atoms with van der Waals surface area (Å²) in [6.45, 7) is 3.27. The first-order valence-corrected chi connectivity index (χ1v) is 6.07. The molecule has 1 fully saturated rings. The second kappa shape index (κ2) is 5.82. The molecule has 1 aliphatic rings. The van der Waals surface area contributed by atoms with Crippen LogP contribution in [0.25, 0.3) is 0 Å². The number of rotatable bonds is 4. The quantitative estimate of drug-likeness (QED) is 0.842. The second-order valence-corrected chi connectivity index (χ2v) is 4.49. The monoisotopic (exact) mass is 236 g/mol. The first kappa shape index (κ1) is 12.1. The fourth-order valence-corrected chi connectivity index (χ4v) is 2.28. The van der Waals surface area contributed by atoms with Crippen LogP contribution in [0, 0.1) is 5.92 Å². The fraction of sp³-hybridized carbons (Fsp3) is 0.667. The van der Waals surface area contributed by atoms with Gasteiger partial charge in [-0.2, -0.15) is 0 Å². The van der Waals surface area contributed by atoms with Crippen LogP contribution in [0.15, 0.2) is 12.5 Å². The van der Waals surface area contributed by atoms with Gasteiger partial charge in [0.25, 0.3) is 0 Å². The molecule has 94 valence electrons. The molecule has 5 nitrogen and oxygen atoms in total. The Morgan fingerprint density at radius 2 is 2.24 bits per heavy atom. The van der Waals surface area contributed by atoms with Gasteiger partial charge in [-0.1, -0.05) is 0 Å². The number of methoxy groups -OCH3 is 1. The first-order chi connectivity index (χ1) is 8.31. The molecule has 0 spiro atoms. The number of anilines is 1. The van der Waals surface area contributed by atoms with Crippen molar-refractivity contribution in [3.63, 3.8) is 0 Å². The molecule has 0 saturated carbocycles. The lowest BCUT2D eigenvalue weighted by atomic mass is 9.98. The summed E-state index contributed by atoms with van der Waals surface area (Å²) in [4.78, 5) is 10.4. The Kier molecular flexibility index (Phi) is 4.14. The minimum absolute atomic E-state index is 0.737. The zero-order valence-corrected chi connectivity index (χ0v) is 10.5. The molecule has 1 saturated heterocycles. The van der Waals surface area contributed by atoms with Crippen molar-refractivity contribution in [2.75, 3.05) is 38.7 Å². The summed E-state index contributed by atoms with van der Waals surface area (Å²) in [6.07, 6.45) is 5.74. The summed E-state index contributed by atoms with van der Waals surface area (Å²) >= 11 is 0. The Balaban J connectivity index is 2.00. The third-order valence-corrected chi connectivity index (χ3v) is 3.23. The van der Waals surface area contributed by atoms with Gasteiger partial charge in [0.1, 0.15) is 6.33 Å². The van der Waals surface area contributed by atoms with E-state index in [1.807, 2.05) is 0 Å². The van der Waals surface area contributed by atoms with Crippen LogP contribution >= 0.6 is 0 Å². The van der Waals surface area contributed by atoms with Gasteiger partial charge in [0.15, 0.2) is 11.6 Å². The van der Waals surface area contributed by atoms with E-state index in [4.69, 9.17) is 4.74 Å². The highest BCUT2D eigenvalue weighted by molar-refractivity contribution is 5.49. The van der Waals surface area contributed by atoms with Gasteiger partial charge >= 0.3 is 0 Å². The number of hydrogen-bond donors (Lipinski definition) is 1. The molecule has 1 N–H and O–H groups in total. The maximum Gasteiger partial charge on any atom is 0.179 e. The second-order valence-electron chi connectivity index (χ2n) is 4.49. The number of hydrogen-bond acceptors (Lipinski definition) is 5. The number of nitrogens with one attached hydrogen (secondary N) is 1. The summed E-state index contributed by atoms with van der Waals surface area (Å²) in [5, 5.41) is 3.38. The van der Waals surface area contributed by atoms with Crippen molar-refractivity contribution in [3.8, 4) is 5.75 Å². The largest absolute Gasteiger partial charge is 0.491 e. The van der Waals surface area contributed by atoms with Gasteiger partial charge in [0, 0.05) is 13.6 Å². The molecule has 17 heavy (non-hydrogen) atoms. The standard InChI is InChI=1S/C12H20N4O/c1-16(8-10-3-5-13-6-4-10)12-11(17-2)7-14-9-15-12/h7,9-10,13H,3-6,8H2,1-2H3. The maximum absolute atomic E-state index is 5.28. The minimum Gasteiger partial charge on any atom is -0.491 e. The third kappa shape index (κ3) is 3.06. The predicted molar refractivity (Wildman–Crippen MR) is 67.4 cm³/mol. The van der Waals surface area contributed by atoms with Crippen LogP contribution in [0.3, 0.4) is 0 Å². The van der Waals surface area contributed by atoms with Gasteiger partial charge in [-0.3, -0.25) is 0 Å². The fourth-order valence-electron chi connectivity index (χ4n) is 2.28. The van der Waals surface area contributed by atoms with Crippen molar-refractivity contribution in [2.24, 2.45) is 5.92 Å². The molecule has 0 aromatic carbocycles. The average molecular weight is 236 g/mol. The molecule has 0 amide bonds. The van der Waals surface area contributed by atoms with Gasteiger partial charge in [0.05, 0.1) is 13.3 Å². The van der Waals surface area contributed by atoms with E-state index in [0.29, 0.717) is 0 Å². The highest BCUT2D eigenvalue weighted by atomic mass is 16.5. The van der Waals surface area contributed by atoms with E-state index in [1.54, 1.807) is 19.6 Å². The zero-order chi connectivity index (χ0) is 12.1. The Morgan fingerprint density at radius 3 is 2.94 bits per heavy atom. The topological polar surface area (TPSA) is 50.3 Å². The van der Waals surface area contributed by atoms with Crippen molar-refractivity contribution >= 4 is 5.82 Å². The summed E-state index contributed by atoms with van der Waals surface area (Å²) in [5.74, 6) is 2.35. The lowest BCUT2D eigenvalue weighted by Crippen LogP contribution is -2.35. The molecule has 2 heterocycles. The Bertz CT molecular complexity index is 352. The number of nitrogens with zero attached hydrogens (tertiary/aromatic N) is 3. The van der Waals surface area contributed by atoms with Crippen LogP contribution in [-0.2, 0) is 0 Å². The van der Waals surface area contributed by atoms with Crippen molar-refractivity contribution in [2.45, 2.75) is 12.8 Å². The molecule has 1 aromatic heterocycles. The van der Waals surface area contributed by atoms with Crippen molar-refractivity contribution < 1.29 is 4.74 Å². The molecule has 2 rings (SSSR count). The molecule has 5 heteroatoms. The molecule has 1 aliphatic heterocycles. The molecule has 0 unspecified atom stereocenters. The van der Waals surface area contributed by atoms with E-state index in [1.165, 1.54) is 12.8 Å². The normalized spacial score (nSPS) is 16.8. The van der Waals surface area contributed by atoms with Gasteiger partial charge < -0.3 is 15.0 Å². The van der Waals surface area contributed by atoms with E-state index in [-0.39, 0.29) is 0 Å². The molecule has 0 aliphatic carbocycles. The number of ether oxygens (including phenoxy) is 1. The van der Waals surface area contributed by atoms with Gasteiger partial charge in [-0.25, -0.2) is 9.97 Å². The Hall–Kier alpha value is -1.36. The third-order valence-electron chi connectivity index (χ3n) is 3.23. The molecule has 1 aromatic rings. The summed E-state index contributed by atoms with van der Waals surface area (Å²) < 4.78 is 5.28. The van der Waals surface area contributed by atoms with Crippen LogP contribution < -0.4 is 15.0 Å². The van der Waals surface area contributed by atoms with Crippen molar-refractivity contribution in [3.05, 3.63) is 12.5 Å². The summed E-state index contributed by atoms with van der Waals surface area (Å²) in [7, 11) is 3.72. The lowest BCUT2D eigenvalue weighted by Gasteiger charge is -2.28. The van der Waals surface area contributed by atoms with Crippen LogP contribution in [0.4, 0.5) is 5.82 Å². The number of aromatic nitrogens is 2. The number of piperidine rings is 1. The SMILES string of the molecule is COc1cncnc1N(C)CC1CCNCC1. The summed E-state index contributed by atoms with van der Waals surface area (Å²) in [5.41, 5.74) is 0. The van der Waals surface area contributed by atoms with Crippen LogP contribution in [0.5, 0.6) is 5.75 Å². The summed E-state index contributed by atoms with van der Waals surface area (Å²) in [6, 6.07) is 0. The van der Waals surface area contributed by atoms with Crippen LogP contribution in [0.2, 0.25) is 0 Å². The predicted octanol–water partition coefficient (Wildman–Crippen LogP) is 0.921. The first-order valence-electron chi connectivity index (χ1n) is 6.07. The Morgan fingerprint density at radius 1 is 1.47 bits per heavy atom. The lowest BCUT2D eigenvalue weighted by molar-refractivity contribution is 0.373. The molecular formula is C12H20N4O. The van der Waals surface area contributed by atoms with E-state index in [0.717, 1.165) is 37.1 Å². The molecule has 0 bridgehead atoms. The highest BCUT2D eigenvalue weighted by Crippen LogP contribution is 2.24.